The lowest BCUT2D eigenvalue weighted by Gasteiger charge is -2.19. The lowest BCUT2D eigenvalue weighted by molar-refractivity contribution is -0.107. The standard InChI is InChI=1S/C14H16N2O3/c1-14(2,3)19-13(18)16-9-15-12-10(7-8-17)5-4-6-11(12)16/h4-6,8-9H,7H2,1-3H3. The van der Waals surface area contributed by atoms with Crippen molar-refractivity contribution in [3.8, 4) is 0 Å². The summed E-state index contributed by atoms with van der Waals surface area (Å²) < 4.78 is 6.66. The van der Waals surface area contributed by atoms with Gasteiger partial charge in [-0.1, -0.05) is 12.1 Å². The van der Waals surface area contributed by atoms with Crippen LogP contribution in [-0.4, -0.2) is 27.5 Å². The zero-order valence-electron chi connectivity index (χ0n) is 11.2. The van der Waals surface area contributed by atoms with Gasteiger partial charge < -0.3 is 9.53 Å². The van der Waals surface area contributed by atoms with Crippen molar-refractivity contribution in [2.75, 3.05) is 0 Å². The molecule has 0 aliphatic carbocycles. The lowest BCUT2D eigenvalue weighted by atomic mass is 10.1. The fourth-order valence-corrected chi connectivity index (χ4v) is 1.81. The van der Waals surface area contributed by atoms with Gasteiger partial charge in [-0.15, -0.1) is 0 Å². The molecular weight excluding hydrogens is 244 g/mol. The molecule has 0 saturated heterocycles. The summed E-state index contributed by atoms with van der Waals surface area (Å²) in [4.78, 5) is 26.8. The van der Waals surface area contributed by atoms with E-state index in [1.54, 1.807) is 12.1 Å². The Morgan fingerprint density at radius 2 is 2.16 bits per heavy atom. The van der Waals surface area contributed by atoms with Crippen LogP contribution in [0.25, 0.3) is 11.0 Å². The Labute approximate surface area is 111 Å². The lowest BCUT2D eigenvalue weighted by Crippen LogP contribution is -2.26. The normalized spacial score (nSPS) is 11.5. The SMILES string of the molecule is CC(C)(C)OC(=O)n1cnc2c(CC=O)cccc21. The van der Waals surface area contributed by atoms with E-state index in [1.807, 2.05) is 26.8 Å². The third kappa shape index (κ3) is 2.81. The predicted molar refractivity (Wildman–Crippen MR) is 71.1 cm³/mol. The first-order valence-corrected chi connectivity index (χ1v) is 6.04. The van der Waals surface area contributed by atoms with Crippen LogP contribution in [0.5, 0.6) is 0 Å². The number of imidazole rings is 1. The molecule has 0 unspecified atom stereocenters. The monoisotopic (exact) mass is 260 g/mol. The molecule has 1 heterocycles. The molecule has 0 saturated carbocycles. The van der Waals surface area contributed by atoms with Gasteiger partial charge in [-0.3, -0.25) is 0 Å². The van der Waals surface area contributed by atoms with Crippen LogP contribution < -0.4 is 0 Å². The molecule has 0 bridgehead atoms. The van der Waals surface area contributed by atoms with Gasteiger partial charge >= 0.3 is 6.09 Å². The molecule has 0 atom stereocenters. The van der Waals surface area contributed by atoms with Crippen LogP contribution in [-0.2, 0) is 16.0 Å². The highest BCUT2D eigenvalue weighted by atomic mass is 16.6. The number of benzene rings is 1. The van der Waals surface area contributed by atoms with Crippen LogP contribution in [0, 0.1) is 0 Å². The van der Waals surface area contributed by atoms with Crippen molar-refractivity contribution in [2.45, 2.75) is 32.8 Å². The zero-order chi connectivity index (χ0) is 14.0. The molecule has 0 spiro atoms. The maximum absolute atomic E-state index is 12.0. The minimum absolute atomic E-state index is 0.280. The average Bonchev–Trinajstić information content (AvgIpc) is 2.72. The summed E-state index contributed by atoms with van der Waals surface area (Å²) in [6, 6.07) is 5.40. The molecule has 2 aromatic rings. The van der Waals surface area contributed by atoms with Crippen LogP contribution >= 0.6 is 0 Å². The van der Waals surface area contributed by atoms with Crippen molar-refractivity contribution in [2.24, 2.45) is 0 Å². The quantitative estimate of drug-likeness (QED) is 0.778. The first-order valence-electron chi connectivity index (χ1n) is 6.04. The molecule has 5 nitrogen and oxygen atoms in total. The topological polar surface area (TPSA) is 61.2 Å². The fourth-order valence-electron chi connectivity index (χ4n) is 1.81. The predicted octanol–water partition coefficient (Wildman–Crippen LogP) is 2.56. The maximum Gasteiger partial charge on any atom is 0.420 e. The third-order valence-electron chi connectivity index (χ3n) is 2.55. The van der Waals surface area contributed by atoms with Crippen LogP contribution in [0.1, 0.15) is 26.3 Å². The van der Waals surface area contributed by atoms with Crippen molar-refractivity contribution < 1.29 is 14.3 Å². The Bertz CT molecular complexity index is 623. The minimum atomic E-state index is -0.561. The van der Waals surface area contributed by atoms with Crippen molar-refractivity contribution in [3.05, 3.63) is 30.1 Å². The Hall–Kier alpha value is -2.17. The summed E-state index contributed by atoms with van der Waals surface area (Å²) in [5.41, 5.74) is 1.54. The van der Waals surface area contributed by atoms with E-state index in [0.29, 0.717) is 11.0 Å². The Morgan fingerprint density at radius 1 is 1.42 bits per heavy atom. The first kappa shape index (κ1) is 13.3. The van der Waals surface area contributed by atoms with E-state index in [9.17, 15) is 9.59 Å². The number of hydrogen-bond acceptors (Lipinski definition) is 4. The molecule has 2 rings (SSSR count). The number of rotatable bonds is 2. The van der Waals surface area contributed by atoms with E-state index in [0.717, 1.165) is 11.8 Å². The summed E-state index contributed by atoms with van der Waals surface area (Å²) in [5, 5.41) is 0. The van der Waals surface area contributed by atoms with E-state index in [1.165, 1.54) is 10.9 Å². The van der Waals surface area contributed by atoms with Gasteiger partial charge in [-0.2, -0.15) is 0 Å². The Kier molecular flexibility index (Phi) is 3.38. The minimum Gasteiger partial charge on any atom is -0.443 e. The highest BCUT2D eigenvalue weighted by Crippen LogP contribution is 2.19. The van der Waals surface area contributed by atoms with Crippen molar-refractivity contribution in [1.29, 1.82) is 0 Å². The molecule has 0 N–H and O–H groups in total. The highest BCUT2D eigenvalue weighted by molar-refractivity contribution is 5.89. The summed E-state index contributed by atoms with van der Waals surface area (Å²) in [6.07, 6.45) is 2.05. The highest BCUT2D eigenvalue weighted by Gasteiger charge is 2.19. The smallest absolute Gasteiger partial charge is 0.420 e. The number of hydrogen-bond donors (Lipinski definition) is 0. The van der Waals surface area contributed by atoms with Crippen LogP contribution in [0.15, 0.2) is 24.5 Å². The van der Waals surface area contributed by atoms with Gasteiger partial charge in [0, 0.05) is 6.42 Å². The number of nitrogens with zero attached hydrogens (tertiary/aromatic N) is 2. The molecular formula is C14H16N2O3. The molecule has 19 heavy (non-hydrogen) atoms. The van der Waals surface area contributed by atoms with Gasteiger partial charge in [0.15, 0.2) is 0 Å². The summed E-state index contributed by atoms with van der Waals surface area (Å²) in [6.45, 7) is 5.42. The van der Waals surface area contributed by atoms with Gasteiger partial charge in [-0.05, 0) is 32.4 Å². The number of para-hydroxylation sites is 1. The van der Waals surface area contributed by atoms with E-state index in [4.69, 9.17) is 4.74 Å². The Balaban J connectivity index is 2.43. The fraction of sp³-hybridized carbons (Fsp3) is 0.357. The second kappa shape index (κ2) is 4.84. The molecule has 0 amide bonds. The van der Waals surface area contributed by atoms with Crippen molar-refractivity contribution in [3.63, 3.8) is 0 Å². The zero-order valence-corrected chi connectivity index (χ0v) is 11.2. The van der Waals surface area contributed by atoms with Gasteiger partial charge in [0.1, 0.15) is 18.2 Å². The van der Waals surface area contributed by atoms with Gasteiger partial charge in [0.05, 0.1) is 11.0 Å². The van der Waals surface area contributed by atoms with Gasteiger partial charge in [-0.25, -0.2) is 14.3 Å². The van der Waals surface area contributed by atoms with Crippen LogP contribution in [0.3, 0.4) is 0 Å². The maximum atomic E-state index is 12.0. The molecule has 5 heteroatoms. The summed E-state index contributed by atoms with van der Waals surface area (Å²) in [5.74, 6) is 0. The number of carbonyl (C=O) groups excluding carboxylic acids is 2. The van der Waals surface area contributed by atoms with E-state index < -0.39 is 11.7 Å². The van der Waals surface area contributed by atoms with Crippen LogP contribution in [0.4, 0.5) is 4.79 Å². The van der Waals surface area contributed by atoms with Gasteiger partial charge in [0.2, 0.25) is 0 Å². The number of ether oxygens (including phenoxy) is 1. The molecule has 0 aliphatic rings. The van der Waals surface area contributed by atoms with Crippen LogP contribution in [0.2, 0.25) is 0 Å². The number of aromatic nitrogens is 2. The third-order valence-corrected chi connectivity index (χ3v) is 2.55. The second-order valence-corrected chi connectivity index (χ2v) is 5.25. The first-order chi connectivity index (χ1) is 8.92. The van der Waals surface area contributed by atoms with Crippen molar-refractivity contribution >= 4 is 23.4 Å². The molecule has 0 aliphatic heterocycles. The van der Waals surface area contributed by atoms with E-state index in [-0.39, 0.29) is 6.42 Å². The molecule has 0 radical (unpaired) electrons. The molecule has 1 aromatic carbocycles. The Morgan fingerprint density at radius 3 is 2.79 bits per heavy atom. The van der Waals surface area contributed by atoms with E-state index in [2.05, 4.69) is 4.98 Å². The number of fused-ring (bicyclic) bond motifs is 1. The van der Waals surface area contributed by atoms with Crippen molar-refractivity contribution in [1.82, 2.24) is 9.55 Å². The average molecular weight is 260 g/mol. The molecule has 0 fully saturated rings. The molecule has 100 valence electrons. The largest absolute Gasteiger partial charge is 0.443 e. The van der Waals surface area contributed by atoms with E-state index >= 15 is 0 Å². The number of carbonyl (C=O) groups is 2. The molecule has 1 aromatic heterocycles. The number of aldehydes is 1. The summed E-state index contributed by atoms with van der Waals surface area (Å²) in [7, 11) is 0. The van der Waals surface area contributed by atoms with Gasteiger partial charge in [0.25, 0.3) is 0 Å². The second-order valence-electron chi connectivity index (χ2n) is 5.25. The summed E-state index contributed by atoms with van der Waals surface area (Å²) >= 11 is 0.